The Labute approximate surface area is 171 Å². The lowest BCUT2D eigenvalue weighted by atomic mass is 9.96. The minimum atomic E-state index is -4.96. The minimum Gasteiger partial charge on any atom is -0.463 e. The Kier molecular flexibility index (Phi) is 6.25. The number of nitrogens with one attached hydrogen (secondary N) is 1. The van der Waals surface area contributed by atoms with Gasteiger partial charge in [-0.05, 0) is 31.2 Å². The third-order valence-corrected chi connectivity index (χ3v) is 5.14. The van der Waals surface area contributed by atoms with Crippen LogP contribution in [-0.4, -0.2) is 54.9 Å². The summed E-state index contributed by atoms with van der Waals surface area (Å²) in [6, 6.07) is 8.19. The number of carbonyl (C=O) groups is 1. The lowest BCUT2D eigenvalue weighted by molar-refractivity contribution is -0.274. The SMILES string of the molecule is Cc1ccc([C@@](O)(CCNC(=O)N2CCN(c3ccccc3F)CC2)C(F)(F)F)o1. The molecule has 2 aromatic rings. The van der Waals surface area contributed by atoms with Gasteiger partial charge in [0.15, 0.2) is 0 Å². The van der Waals surface area contributed by atoms with E-state index in [9.17, 15) is 27.5 Å². The van der Waals surface area contributed by atoms with Crippen LogP contribution in [0.25, 0.3) is 0 Å². The smallest absolute Gasteiger partial charge is 0.424 e. The summed E-state index contributed by atoms with van der Waals surface area (Å²) in [7, 11) is 0. The molecule has 1 aliphatic heterocycles. The Hall–Kier alpha value is -2.75. The molecular formula is C20H23F4N3O3. The molecule has 0 bridgehead atoms. The van der Waals surface area contributed by atoms with Gasteiger partial charge in [-0.1, -0.05) is 12.1 Å². The van der Waals surface area contributed by atoms with E-state index in [4.69, 9.17) is 4.42 Å². The number of furan rings is 1. The molecule has 10 heteroatoms. The van der Waals surface area contributed by atoms with Crippen molar-refractivity contribution in [3.63, 3.8) is 0 Å². The number of aryl methyl sites for hydroxylation is 1. The number of piperazine rings is 1. The number of anilines is 1. The van der Waals surface area contributed by atoms with Gasteiger partial charge in [-0.2, -0.15) is 13.2 Å². The maximum atomic E-state index is 13.9. The fourth-order valence-electron chi connectivity index (χ4n) is 3.38. The number of para-hydroxylation sites is 1. The highest BCUT2D eigenvalue weighted by Crippen LogP contribution is 2.42. The largest absolute Gasteiger partial charge is 0.463 e. The molecule has 0 spiro atoms. The Balaban J connectivity index is 1.54. The second-order valence-electron chi connectivity index (χ2n) is 7.18. The van der Waals surface area contributed by atoms with Gasteiger partial charge in [0.05, 0.1) is 5.69 Å². The molecule has 1 fully saturated rings. The molecule has 2 heterocycles. The molecule has 3 rings (SSSR count). The zero-order valence-corrected chi connectivity index (χ0v) is 16.4. The zero-order valence-electron chi connectivity index (χ0n) is 16.4. The van der Waals surface area contributed by atoms with E-state index in [0.717, 1.165) is 6.07 Å². The molecule has 30 heavy (non-hydrogen) atoms. The number of hydrogen-bond donors (Lipinski definition) is 2. The van der Waals surface area contributed by atoms with E-state index in [1.807, 2.05) is 0 Å². The quantitative estimate of drug-likeness (QED) is 0.715. The number of hydrogen-bond acceptors (Lipinski definition) is 4. The van der Waals surface area contributed by atoms with Crippen LogP contribution >= 0.6 is 0 Å². The molecular weight excluding hydrogens is 406 g/mol. The number of carbonyl (C=O) groups excluding carboxylic acids is 1. The normalized spacial score (nSPS) is 17.0. The zero-order chi connectivity index (χ0) is 21.9. The fourth-order valence-corrected chi connectivity index (χ4v) is 3.38. The second-order valence-corrected chi connectivity index (χ2v) is 7.18. The van der Waals surface area contributed by atoms with Crippen LogP contribution in [0.2, 0.25) is 0 Å². The van der Waals surface area contributed by atoms with Crippen molar-refractivity contribution in [2.75, 3.05) is 37.6 Å². The van der Waals surface area contributed by atoms with Crippen LogP contribution in [0.15, 0.2) is 40.8 Å². The summed E-state index contributed by atoms with van der Waals surface area (Å²) in [6.07, 6.45) is -5.75. The van der Waals surface area contributed by atoms with Crippen molar-refractivity contribution < 1.29 is 31.9 Å². The van der Waals surface area contributed by atoms with Gasteiger partial charge >= 0.3 is 12.2 Å². The first-order chi connectivity index (χ1) is 14.1. The highest BCUT2D eigenvalue weighted by atomic mass is 19.4. The van der Waals surface area contributed by atoms with E-state index in [0.29, 0.717) is 31.9 Å². The van der Waals surface area contributed by atoms with E-state index in [-0.39, 0.29) is 11.6 Å². The maximum absolute atomic E-state index is 13.9. The summed E-state index contributed by atoms with van der Waals surface area (Å²) in [5.74, 6) is -0.723. The van der Waals surface area contributed by atoms with Gasteiger partial charge in [0, 0.05) is 39.1 Å². The fraction of sp³-hybridized carbons (Fsp3) is 0.450. The van der Waals surface area contributed by atoms with Gasteiger partial charge in [-0.25, -0.2) is 9.18 Å². The van der Waals surface area contributed by atoms with Gasteiger partial charge < -0.3 is 24.6 Å². The average molecular weight is 429 g/mol. The third kappa shape index (κ3) is 4.53. The molecule has 1 atom stereocenters. The highest BCUT2D eigenvalue weighted by molar-refractivity contribution is 5.74. The van der Waals surface area contributed by atoms with E-state index < -0.39 is 36.5 Å². The van der Waals surface area contributed by atoms with Crippen molar-refractivity contribution in [3.05, 3.63) is 53.7 Å². The molecule has 2 amide bonds. The first kappa shape index (κ1) is 21.9. The first-order valence-corrected chi connectivity index (χ1v) is 9.50. The van der Waals surface area contributed by atoms with Crippen molar-refractivity contribution in [1.29, 1.82) is 0 Å². The van der Waals surface area contributed by atoms with Crippen LogP contribution in [0.4, 0.5) is 28.0 Å². The van der Waals surface area contributed by atoms with Crippen LogP contribution < -0.4 is 10.2 Å². The van der Waals surface area contributed by atoms with Crippen molar-refractivity contribution in [3.8, 4) is 0 Å². The van der Waals surface area contributed by atoms with Gasteiger partial charge in [0.1, 0.15) is 17.3 Å². The molecule has 0 aliphatic carbocycles. The second kappa shape index (κ2) is 8.55. The highest BCUT2D eigenvalue weighted by Gasteiger charge is 2.56. The number of aliphatic hydroxyl groups is 1. The van der Waals surface area contributed by atoms with Crippen LogP contribution in [-0.2, 0) is 5.60 Å². The molecule has 0 saturated carbocycles. The number of nitrogens with zero attached hydrogens (tertiary/aromatic N) is 2. The van der Waals surface area contributed by atoms with Crippen molar-refractivity contribution in [1.82, 2.24) is 10.2 Å². The minimum absolute atomic E-state index is 0.240. The molecule has 1 saturated heterocycles. The monoisotopic (exact) mass is 429 g/mol. The van der Waals surface area contributed by atoms with Crippen molar-refractivity contribution in [2.45, 2.75) is 25.1 Å². The molecule has 1 aromatic heterocycles. The third-order valence-electron chi connectivity index (χ3n) is 5.14. The Morgan fingerprint density at radius 1 is 1.13 bits per heavy atom. The van der Waals surface area contributed by atoms with Gasteiger partial charge in [-0.15, -0.1) is 0 Å². The van der Waals surface area contributed by atoms with Crippen molar-refractivity contribution >= 4 is 11.7 Å². The topological polar surface area (TPSA) is 69.0 Å². The Morgan fingerprint density at radius 2 is 1.80 bits per heavy atom. The maximum Gasteiger partial charge on any atom is 0.424 e. The lowest BCUT2D eigenvalue weighted by Gasteiger charge is -2.36. The van der Waals surface area contributed by atoms with E-state index in [2.05, 4.69) is 5.32 Å². The summed E-state index contributed by atoms with van der Waals surface area (Å²) in [5.41, 5.74) is -2.75. The number of rotatable bonds is 5. The molecule has 164 valence electrons. The standard InChI is InChI=1S/C20H23F4N3O3/c1-14-6-7-17(30-14)19(29,20(22,23)24)8-9-25-18(28)27-12-10-26(11-13-27)16-5-3-2-4-15(16)21/h2-7,29H,8-13H2,1H3,(H,25,28)/t19-/m0/s1. The summed E-state index contributed by atoms with van der Waals surface area (Å²) in [4.78, 5) is 15.6. The van der Waals surface area contributed by atoms with Crippen LogP contribution in [0.5, 0.6) is 0 Å². The number of halogens is 4. The number of amides is 2. The lowest BCUT2D eigenvalue weighted by Crippen LogP contribution is -2.53. The average Bonchev–Trinajstić information content (AvgIpc) is 3.14. The van der Waals surface area contributed by atoms with E-state index in [1.165, 1.54) is 24.0 Å². The molecule has 1 aliphatic rings. The predicted molar refractivity (Wildman–Crippen MR) is 102 cm³/mol. The predicted octanol–water partition coefficient (Wildman–Crippen LogP) is 3.40. The van der Waals surface area contributed by atoms with E-state index >= 15 is 0 Å². The number of benzene rings is 1. The van der Waals surface area contributed by atoms with Crippen LogP contribution in [0.3, 0.4) is 0 Å². The van der Waals surface area contributed by atoms with Crippen LogP contribution in [0, 0.1) is 12.7 Å². The molecule has 6 nitrogen and oxygen atoms in total. The van der Waals surface area contributed by atoms with Gasteiger partial charge in [-0.3, -0.25) is 0 Å². The summed E-state index contributed by atoms with van der Waals surface area (Å²) < 4.78 is 59.2. The first-order valence-electron chi connectivity index (χ1n) is 9.50. The summed E-state index contributed by atoms with van der Waals surface area (Å²) >= 11 is 0. The summed E-state index contributed by atoms with van der Waals surface area (Å²) in [5, 5.41) is 12.6. The van der Waals surface area contributed by atoms with E-state index in [1.54, 1.807) is 23.1 Å². The Bertz CT molecular complexity index is 878. The van der Waals surface area contributed by atoms with Crippen LogP contribution in [0.1, 0.15) is 17.9 Å². The van der Waals surface area contributed by atoms with Gasteiger partial charge in [0.25, 0.3) is 0 Å². The summed E-state index contributed by atoms with van der Waals surface area (Å²) in [6.45, 7) is 2.45. The Morgan fingerprint density at radius 3 is 2.37 bits per heavy atom. The molecule has 0 unspecified atom stereocenters. The van der Waals surface area contributed by atoms with Gasteiger partial charge in [0.2, 0.25) is 5.60 Å². The molecule has 2 N–H and O–H groups in total. The molecule has 0 radical (unpaired) electrons. The number of urea groups is 1. The van der Waals surface area contributed by atoms with Crippen molar-refractivity contribution in [2.24, 2.45) is 0 Å². The molecule has 1 aromatic carbocycles. The number of alkyl halides is 3.